The second-order valence-electron chi connectivity index (χ2n) is 1.90. The highest BCUT2D eigenvalue weighted by atomic mass is 16.3. The SMILES string of the molecule is C=C/C(O)=C\C=C(/C=C)CO. The van der Waals surface area contributed by atoms with Crippen molar-refractivity contribution in [2.24, 2.45) is 0 Å². The van der Waals surface area contributed by atoms with E-state index in [9.17, 15) is 0 Å². The largest absolute Gasteiger partial charge is 0.508 e. The quantitative estimate of drug-likeness (QED) is 0.475. The third-order valence-electron chi connectivity index (χ3n) is 1.12. The van der Waals surface area contributed by atoms with Gasteiger partial charge < -0.3 is 10.2 Å². The fourth-order valence-corrected chi connectivity index (χ4v) is 0.446. The van der Waals surface area contributed by atoms with Crippen LogP contribution in [0.1, 0.15) is 0 Å². The molecule has 0 saturated heterocycles. The Morgan fingerprint density at radius 3 is 2.18 bits per heavy atom. The molecule has 0 aliphatic carbocycles. The van der Waals surface area contributed by atoms with Crippen molar-refractivity contribution in [1.82, 2.24) is 0 Å². The fourth-order valence-electron chi connectivity index (χ4n) is 0.446. The predicted octanol–water partition coefficient (Wildman–Crippen LogP) is 1.72. The zero-order valence-corrected chi connectivity index (χ0v) is 6.33. The van der Waals surface area contributed by atoms with E-state index in [0.717, 1.165) is 0 Å². The Hall–Kier alpha value is -1.28. The molecule has 0 aromatic heterocycles. The number of rotatable bonds is 4. The molecule has 2 heteroatoms. The third-order valence-corrected chi connectivity index (χ3v) is 1.12. The second kappa shape index (κ2) is 5.50. The third kappa shape index (κ3) is 4.17. The molecule has 0 saturated carbocycles. The summed E-state index contributed by atoms with van der Waals surface area (Å²) >= 11 is 0. The van der Waals surface area contributed by atoms with Crippen LogP contribution in [0.3, 0.4) is 0 Å². The molecule has 0 aliphatic rings. The van der Waals surface area contributed by atoms with E-state index in [4.69, 9.17) is 10.2 Å². The van der Waals surface area contributed by atoms with Crippen LogP contribution in [0.25, 0.3) is 0 Å². The lowest BCUT2D eigenvalue weighted by atomic mass is 10.2. The number of hydrogen-bond acceptors (Lipinski definition) is 2. The van der Waals surface area contributed by atoms with Crippen molar-refractivity contribution in [1.29, 1.82) is 0 Å². The van der Waals surface area contributed by atoms with Gasteiger partial charge in [-0.1, -0.05) is 25.3 Å². The summed E-state index contributed by atoms with van der Waals surface area (Å²) in [7, 11) is 0. The Labute approximate surface area is 66.5 Å². The highest BCUT2D eigenvalue weighted by Crippen LogP contribution is 1.96. The first-order valence-corrected chi connectivity index (χ1v) is 3.20. The van der Waals surface area contributed by atoms with E-state index >= 15 is 0 Å². The van der Waals surface area contributed by atoms with Gasteiger partial charge in [-0.25, -0.2) is 0 Å². The summed E-state index contributed by atoms with van der Waals surface area (Å²) in [5.74, 6) is 0.0674. The summed E-state index contributed by atoms with van der Waals surface area (Å²) in [4.78, 5) is 0. The molecule has 0 amide bonds. The molecule has 0 radical (unpaired) electrons. The summed E-state index contributed by atoms with van der Waals surface area (Å²) in [6.07, 6.45) is 5.85. The fraction of sp³-hybridized carbons (Fsp3) is 0.111. The summed E-state index contributed by atoms with van der Waals surface area (Å²) in [6.45, 7) is 6.75. The second-order valence-corrected chi connectivity index (χ2v) is 1.90. The smallest absolute Gasteiger partial charge is 0.114 e. The first-order chi connectivity index (χ1) is 5.24. The molecular formula is C9H12O2. The topological polar surface area (TPSA) is 40.5 Å². The molecule has 0 unspecified atom stereocenters. The molecule has 0 fully saturated rings. The maximum atomic E-state index is 8.88. The van der Waals surface area contributed by atoms with Gasteiger partial charge in [-0.05, 0) is 17.7 Å². The van der Waals surface area contributed by atoms with Crippen LogP contribution in [0.2, 0.25) is 0 Å². The maximum absolute atomic E-state index is 8.88. The van der Waals surface area contributed by atoms with Crippen LogP contribution in [0.4, 0.5) is 0 Å². The van der Waals surface area contributed by atoms with Gasteiger partial charge in [0, 0.05) is 0 Å². The van der Waals surface area contributed by atoms with Gasteiger partial charge in [0.25, 0.3) is 0 Å². The van der Waals surface area contributed by atoms with Crippen LogP contribution in [0.15, 0.2) is 48.8 Å². The van der Waals surface area contributed by atoms with Crippen LogP contribution in [-0.4, -0.2) is 16.8 Å². The lowest BCUT2D eigenvalue weighted by Gasteiger charge is -1.91. The average Bonchev–Trinajstić information content (AvgIpc) is 2.06. The van der Waals surface area contributed by atoms with Crippen molar-refractivity contribution < 1.29 is 10.2 Å². The molecular weight excluding hydrogens is 140 g/mol. The van der Waals surface area contributed by atoms with E-state index < -0.39 is 0 Å². The van der Waals surface area contributed by atoms with E-state index in [1.165, 1.54) is 18.2 Å². The van der Waals surface area contributed by atoms with Crippen LogP contribution in [0.5, 0.6) is 0 Å². The minimum Gasteiger partial charge on any atom is -0.508 e. The molecule has 0 aromatic carbocycles. The van der Waals surface area contributed by atoms with Gasteiger partial charge in [0.1, 0.15) is 5.76 Å². The normalized spacial score (nSPS) is 12.8. The molecule has 2 nitrogen and oxygen atoms in total. The summed E-state index contributed by atoms with van der Waals surface area (Å²) in [5, 5.41) is 17.5. The zero-order valence-electron chi connectivity index (χ0n) is 6.33. The van der Waals surface area contributed by atoms with Crippen molar-refractivity contribution in [2.45, 2.75) is 0 Å². The Morgan fingerprint density at radius 1 is 1.18 bits per heavy atom. The summed E-state index contributed by atoms with van der Waals surface area (Å²) in [6, 6.07) is 0. The van der Waals surface area contributed by atoms with Gasteiger partial charge in [0.2, 0.25) is 0 Å². The first-order valence-electron chi connectivity index (χ1n) is 3.20. The van der Waals surface area contributed by atoms with Gasteiger partial charge in [-0.3, -0.25) is 0 Å². The molecule has 0 bridgehead atoms. The molecule has 0 atom stereocenters. The average molecular weight is 152 g/mol. The molecule has 0 aliphatic heterocycles. The van der Waals surface area contributed by atoms with Crippen molar-refractivity contribution in [3.05, 3.63) is 48.8 Å². The van der Waals surface area contributed by atoms with Crippen molar-refractivity contribution in [3.63, 3.8) is 0 Å². The van der Waals surface area contributed by atoms with E-state index in [2.05, 4.69) is 13.2 Å². The molecule has 0 rings (SSSR count). The van der Waals surface area contributed by atoms with E-state index in [1.807, 2.05) is 0 Å². The zero-order chi connectivity index (χ0) is 8.69. The molecule has 60 valence electrons. The van der Waals surface area contributed by atoms with Crippen LogP contribution < -0.4 is 0 Å². The minimum absolute atomic E-state index is 0.0674. The van der Waals surface area contributed by atoms with Gasteiger partial charge >= 0.3 is 0 Å². The number of aliphatic hydroxyl groups is 2. The van der Waals surface area contributed by atoms with Gasteiger partial charge in [0.05, 0.1) is 6.61 Å². The standard InChI is InChI=1S/C9H12O2/c1-3-8(7-10)5-6-9(11)4-2/h3-6,10-11H,1-2,7H2/b8-5+,9-6+. The lowest BCUT2D eigenvalue weighted by Crippen LogP contribution is -1.83. The maximum Gasteiger partial charge on any atom is 0.114 e. The lowest BCUT2D eigenvalue weighted by molar-refractivity contribution is 0.335. The van der Waals surface area contributed by atoms with Crippen molar-refractivity contribution in [3.8, 4) is 0 Å². The van der Waals surface area contributed by atoms with Crippen LogP contribution in [-0.2, 0) is 0 Å². The highest BCUT2D eigenvalue weighted by Gasteiger charge is 1.85. The minimum atomic E-state index is -0.0789. The van der Waals surface area contributed by atoms with Gasteiger partial charge in [-0.2, -0.15) is 0 Å². The van der Waals surface area contributed by atoms with E-state index in [1.54, 1.807) is 6.08 Å². The molecule has 0 heterocycles. The molecule has 0 aromatic rings. The number of aliphatic hydroxyl groups excluding tert-OH is 2. The summed E-state index contributed by atoms with van der Waals surface area (Å²) < 4.78 is 0. The van der Waals surface area contributed by atoms with Crippen molar-refractivity contribution >= 4 is 0 Å². The number of allylic oxidation sites excluding steroid dienone is 3. The summed E-state index contributed by atoms with van der Waals surface area (Å²) in [5.41, 5.74) is 0.651. The highest BCUT2D eigenvalue weighted by molar-refractivity contribution is 5.25. The van der Waals surface area contributed by atoms with Crippen molar-refractivity contribution in [2.75, 3.05) is 6.61 Å². The van der Waals surface area contributed by atoms with Gasteiger partial charge in [-0.15, -0.1) is 0 Å². The van der Waals surface area contributed by atoms with Crippen LogP contribution >= 0.6 is 0 Å². The Morgan fingerprint density at radius 2 is 1.82 bits per heavy atom. The first kappa shape index (κ1) is 9.72. The van der Waals surface area contributed by atoms with E-state index in [-0.39, 0.29) is 12.4 Å². The molecule has 11 heavy (non-hydrogen) atoms. The Bertz CT molecular complexity index is 200. The predicted molar refractivity (Wildman–Crippen MR) is 46.3 cm³/mol. The van der Waals surface area contributed by atoms with Crippen LogP contribution in [0, 0.1) is 0 Å². The monoisotopic (exact) mass is 152 g/mol. The number of hydrogen-bond donors (Lipinski definition) is 2. The molecule has 2 N–H and O–H groups in total. The van der Waals surface area contributed by atoms with E-state index in [0.29, 0.717) is 5.57 Å². The van der Waals surface area contributed by atoms with Gasteiger partial charge in [0.15, 0.2) is 0 Å². The Balaban J connectivity index is 4.28. The Kier molecular flexibility index (Phi) is 4.86. The molecule has 0 spiro atoms.